The molecule has 0 radical (unpaired) electrons. The van der Waals surface area contributed by atoms with Gasteiger partial charge in [0.15, 0.2) is 6.10 Å². The van der Waals surface area contributed by atoms with Crippen LogP contribution in [-0.2, 0) is 4.74 Å². The maximum atomic E-state index is 10.7. The molecule has 2 rings (SSSR count). The average molecular weight is 193 g/mol. The first kappa shape index (κ1) is 9.02. The molecular weight excluding hydrogens is 182 g/mol. The Hall–Kier alpha value is -1.55. The van der Waals surface area contributed by atoms with Crippen LogP contribution < -0.4 is 5.32 Å². The smallest absolute Gasteiger partial charge is 0.407 e. The molecule has 1 heterocycles. The van der Waals surface area contributed by atoms with Gasteiger partial charge in [-0.05, 0) is 5.56 Å². The third-order valence-corrected chi connectivity index (χ3v) is 2.20. The van der Waals surface area contributed by atoms with Gasteiger partial charge >= 0.3 is 6.09 Å². The van der Waals surface area contributed by atoms with Crippen LogP contribution in [0.2, 0.25) is 0 Å². The van der Waals surface area contributed by atoms with Crippen LogP contribution in [0.4, 0.5) is 4.79 Å². The van der Waals surface area contributed by atoms with E-state index in [2.05, 4.69) is 5.32 Å². The summed E-state index contributed by atoms with van der Waals surface area (Å²) in [5, 5.41) is 12.3. The van der Waals surface area contributed by atoms with Crippen molar-refractivity contribution >= 4 is 6.09 Å². The average Bonchev–Trinajstić information content (AvgIpc) is 2.65. The second kappa shape index (κ2) is 3.67. The lowest BCUT2D eigenvalue weighted by molar-refractivity contribution is 0.0319. The fourth-order valence-corrected chi connectivity index (χ4v) is 1.45. The maximum Gasteiger partial charge on any atom is 0.407 e. The molecule has 2 atom stereocenters. The molecule has 1 aliphatic heterocycles. The molecule has 0 bridgehead atoms. The van der Waals surface area contributed by atoms with Gasteiger partial charge in [0.05, 0.1) is 6.54 Å². The molecule has 4 heteroatoms. The van der Waals surface area contributed by atoms with Crippen LogP contribution in [0, 0.1) is 0 Å². The van der Waals surface area contributed by atoms with Gasteiger partial charge in [-0.2, -0.15) is 0 Å². The molecule has 1 aromatic rings. The van der Waals surface area contributed by atoms with Crippen molar-refractivity contribution in [3.05, 3.63) is 35.9 Å². The Morgan fingerprint density at radius 1 is 1.43 bits per heavy atom. The van der Waals surface area contributed by atoms with Crippen LogP contribution in [0.5, 0.6) is 0 Å². The molecule has 1 fully saturated rings. The van der Waals surface area contributed by atoms with Gasteiger partial charge in [-0.25, -0.2) is 4.79 Å². The normalized spacial score (nSPS) is 22.6. The predicted molar refractivity (Wildman–Crippen MR) is 49.7 cm³/mol. The fraction of sp³-hybridized carbons (Fsp3) is 0.300. The Labute approximate surface area is 81.5 Å². The Morgan fingerprint density at radius 2 is 2.14 bits per heavy atom. The first-order valence-electron chi connectivity index (χ1n) is 4.45. The van der Waals surface area contributed by atoms with Crippen molar-refractivity contribution in [1.29, 1.82) is 0 Å². The fourth-order valence-electron chi connectivity index (χ4n) is 1.45. The number of hydrogen-bond acceptors (Lipinski definition) is 3. The molecule has 1 amide bonds. The minimum atomic E-state index is -0.754. The van der Waals surface area contributed by atoms with Crippen LogP contribution in [0.1, 0.15) is 11.7 Å². The standard InChI is InChI=1S/C10H11NO3/c12-9(7-4-2-1-3-5-7)8-6-11-10(13)14-8/h1-5,8-9,12H,6H2,(H,11,13). The van der Waals surface area contributed by atoms with Gasteiger partial charge in [0, 0.05) is 0 Å². The van der Waals surface area contributed by atoms with Crippen molar-refractivity contribution in [1.82, 2.24) is 5.32 Å². The highest BCUT2D eigenvalue weighted by Gasteiger charge is 2.30. The molecule has 1 aliphatic rings. The number of hydrogen-bond donors (Lipinski definition) is 2. The zero-order chi connectivity index (χ0) is 9.97. The Balaban J connectivity index is 2.09. The second-order valence-corrected chi connectivity index (χ2v) is 3.18. The van der Waals surface area contributed by atoms with E-state index in [1.807, 2.05) is 18.2 Å². The Morgan fingerprint density at radius 3 is 2.71 bits per heavy atom. The summed E-state index contributed by atoms with van der Waals surface area (Å²) in [5.41, 5.74) is 0.758. The number of rotatable bonds is 2. The van der Waals surface area contributed by atoms with E-state index >= 15 is 0 Å². The van der Waals surface area contributed by atoms with Crippen molar-refractivity contribution in [2.24, 2.45) is 0 Å². The molecule has 4 nitrogen and oxygen atoms in total. The Kier molecular flexibility index (Phi) is 2.37. The molecular formula is C10H11NO3. The summed E-state index contributed by atoms with van der Waals surface area (Å²) in [6.07, 6.45) is -1.70. The molecule has 2 unspecified atom stereocenters. The zero-order valence-corrected chi connectivity index (χ0v) is 7.51. The molecule has 1 aromatic carbocycles. The number of nitrogens with one attached hydrogen (secondary N) is 1. The van der Waals surface area contributed by atoms with Gasteiger partial charge in [-0.3, -0.25) is 0 Å². The van der Waals surface area contributed by atoms with Gasteiger partial charge in [0.2, 0.25) is 0 Å². The molecule has 74 valence electrons. The molecule has 0 aromatic heterocycles. The van der Waals surface area contributed by atoms with Crippen LogP contribution in [-0.4, -0.2) is 23.8 Å². The largest absolute Gasteiger partial charge is 0.441 e. The number of cyclic esters (lactones) is 1. The summed E-state index contributed by atoms with van der Waals surface area (Å²) in [4.78, 5) is 10.7. The molecule has 0 saturated carbocycles. The summed E-state index contributed by atoms with van der Waals surface area (Å²) in [6, 6.07) is 9.15. The number of carbonyl (C=O) groups excluding carboxylic acids is 1. The van der Waals surface area contributed by atoms with E-state index in [0.717, 1.165) is 5.56 Å². The predicted octanol–water partition coefficient (Wildman–Crippen LogP) is 0.828. The number of amides is 1. The van der Waals surface area contributed by atoms with E-state index in [-0.39, 0.29) is 0 Å². The van der Waals surface area contributed by atoms with Crippen LogP contribution >= 0.6 is 0 Å². The third kappa shape index (κ3) is 1.70. The highest BCUT2D eigenvalue weighted by atomic mass is 16.6. The molecule has 1 saturated heterocycles. The van der Waals surface area contributed by atoms with Crippen molar-refractivity contribution in [2.75, 3.05) is 6.54 Å². The first-order valence-corrected chi connectivity index (χ1v) is 4.45. The lowest BCUT2D eigenvalue weighted by Gasteiger charge is -2.15. The van der Waals surface area contributed by atoms with Gasteiger partial charge < -0.3 is 15.2 Å². The van der Waals surface area contributed by atoms with E-state index in [1.54, 1.807) is 12.1 Å². The lowest BCUT2D eigenvalue weighted by atomic mass is 10.1. The number of benzene rings is 1. The highest BCUT2D eigenvalue weighted by molar-refractivity contribution is 5.69. The summed E-state index contributed by atoms with van der Waals surface area (Å²) < 4.78 is 4.88. The number of carbonyl (C=O) groups is 1. The van der Waals surface area contributed by atoms with E-state index in [1.165, 1.54) is 0 Å². The van der Waals surface area contributed by atoms with Crippen molar-refractivity contribution < 1.29 is 14.6 Å². The van der Waals surface area contributed by atoms with Crippen molar-refractivity contribution in [3.8, 4) is 0 Å². The van der Waals surface area contributed by atoms with Gasteiger partial charge in [0.1, 0.15) is 6.10 Å². The summed E-state index contributed by atoms with van der Waals surface area (Å²) in [7, 11) is 0. The second-order valence-electron chi connectivity index (χ2n) is 3.18. The summed E-state index contributed by atoms with van der Waals surface area (Å²) in [5.74, 6) is 0. The topological polar surface area (TPSA) is 58.6 Å². The first-order chi connectivity index (χ1) is 6.77. The van der Waals surface area contributed by atoms with E-state index in [9.17, 15) is 9.90 Å². The van der Waals surface area contributed by atoms with Crippen LogP contribution in [0.3, 0.4) is 0 Å². The molecule has 0 aliphatic carbocycles. The van der Waals surface area contributed by atoms with Gasteiger partial charge in [-0.1, -0.05) is 30.3 Å². The van der Waals surface area contributed by atoms with E-state index < -0.39 is 18.3 Å². The number of aliphatic hydroxyl groups is 1. The minimum absolute atomic E-state index is 0.356. The molecule has 0 spiro atoms. The summed E-state index contributed by atoms with van der Waals surface area (Å²) >= 11 is 0. The monoisotopic (exact) mass is 193 g/mol. The lowest BCUT2D eigenvalue weighted by Crippen LogP contribution is -2.22. The van der Waals surface area contributed by atoms with Gasteiger partial charge in [0.25, 0.3) is 0 Å². The van der Waals surface area contributed by atoms with Crippen LogP contribution in [0.15, 0.2) is 30.3 Å². The molecule has 2 N–H and O–H groups in total. The highest BCUT2D eigenvalue weighted by Crippen LogP contribution is 2.20. The van der Waals surface area contributed by atoms with E-state index in [0.29, 0.717) is 6.54 Å². The quantitative estimate of drug-likeness (QED) is 0.731. The van der Waals surface area contributed by atoms with E-state index in [4.69, 9.17) is 4.74 Å². The minimum Gasteiger partial charge on any atom is -0.441 e. The van der Waals surface area contributed by atoms with Crippen LogP contribution in [0.25, 0.3) is 0 Å². The number of alkyl carbamates (subject to hydrolysis) is 1. The zero-order valence-electron chi connectivity index (χ0n) is 7.51. The Bertz CT molecular complexity index is 325. The third-order valence-electron chi connectivity index (χ3n) is 2.20. The van der Waals surface area contributed by atoms with Crippen molar-refractivity contribution in [3.63, 3.8) is 0 Å². The number of ether oxygens (including phenoxy) is 1. The van der Waals surface area contributed by atoms with Gasteiger partial charge in [-0.15, -0.1) is 0 Å². The SMILES string of the molecule is O=C1NCC(C(O)c2ccccc2)O1. The van der Waals surface area contributed by atoms with Crippen molar-refractivity contribution in [2.45, 2.75) is 12.2 Å². The summed E-state index contributed by atoms with van der Waals surface area (Å²) in [6.45, 7) is 0.356. The molecule has 14 heavy (non-hydrogen) atoms. The number of aliphatic hydroxyl groups excluding tert-OH is 1. The maximum absolute atomic E-state index is 10.7.